The average Bonchev–Trinajstić information content (AvgIpc) is 2.96. The molecule has 2 N–H and O–H groups in total. The fourth-order valence-corrected chi connectivity index (χ4v) is 5.97. The summed E-state index contributed by atoms with van der Waals surface area (Å²) in [6.07, 6.45) is 4.60. The van der Waals surface area contributed by atoms with E-state index in [1.165, 1.54) is 4.90 Å². The first-order chi connectivity index (χ1) is 13.9. The van der Waals surface area contributed by atoms with Crippen LogP contribution in [0.25, 0.3) is 0 Å². The molecular weight excluding hydrogens is 372 g/mol. The predicted octanol–water partition coefficient (Wildman–Crippen LogP) is 2.10. The Morgan fingerprint density at radius 3 is 2.41 bits per heavy atom. The molecule has 1 saturated heterocycles. The van der Waals surface area contributed by atoms with Gasteiger partial charge in [0.15, 0.2) is 0 Å². The van der Waals surface area contributed by atoms with Crippen LogP contribution in [0, 0.1) is 29.6 Å². The molecule has 0 spiro atoms. The van der Waals surface area contributed by atoms with Crippen LogP contribution in [0.1, 0.15) is 65.2 Å². The van der Waals surface area contributed by atoms with Crippen molar-refractivity contribution in [2.75, 3.05) is 6.61 Å². The van der Waals surface area contributed by atoms with Crippen LogP contribution in [0.2, 0.25) is 0 Å². The van der Waals surface area contributed by atoms with E-state index >= 15 is 0 Å². The lowest BCUT2D eigenvalue weighted by atomic mass is 9.60. The Kier molecular flexibility index (Phi) is 5.98. The number of aliphatic hydroxyl groups is 2. The average molecular weight is 407 g/mol. The van der Waals surface area contributed by atoms with Crippen molar-refractivity contribution in [3.8, 4) is 0 Å². The van der Waals surface area contributed by atoms with Gasteiger partial charge in [-0.2, -0.15) is 0 Å². The lowest BCUT2D eigenvalue weighted by Gasteiger charge is -2.45. The molecule has 0 aromatic heterocycles. The molecule has 2 amide bonds. The van der Waals surface area contributed by atoms with E-state index in [1.54, 1.807) is 0 Å². The zero-order valence-corrected chi connectivity index (χ0v) is 17.5. The Labute approximate surface area is 172 Å². The second kappa shape index (κ2) is 8.34. The number of rotatable bonds is 4. The van der Waals surface area contributed by atoms with Gasteiger partial charge in [-0.1, -0.05) is 38.3 Å². The summed E-state index contributed by atoms with van der Waals surface area (Å²) in [6.45, 7) is 4.56. The molecule has 4 aliphatic rings. The SMILES string of the molecule is CC(C)CON=C1C[C@@H](O)[C@@H](O)[C@@H]2[C@@H]3C(=O)N(C4CCCCC4)C(=O)[C@@H]3CC[C@@H]12. The molecule has 3 saturated carbocycles. The molecule has 4 fully saturated rings. The maximum atomic E-state index is 13.4. The van der Waals surface area contributed by atoms with Gasteiger partial charge in [0.05, 0.1) is 29.8 Å². The molecule has 0 radical (unpaired) electrons. The molecule has 29 heavy (non-hydrogen) atoms. The van der Waals surface area contributed by atoms with Gasteiger partial charge < -0.3 is 15.1 Å². The summed E-state index contributed by atoms with van der Waals surface area (Å²) in [5.74, 6) is -1.38. The van der Waals surface area contributed by atoms with Crippen LogP contribution in [-0.2, 0) is 14.4 Å². The zero-order valence-electron chi connectivity index (χ0n) is 17.5. The Bertz CT molecular complexity index is 672. The number of carbonyl (C=O) groups is 2. The van der Waals surface area contributed by atoms with Gasteiger partial charge in [-0.05, 0) is 31.6 Å². The first-order valence-electron chi connectivity index (χ1n) is 11.3. The van der Waals surface area contributed by atoms with Crippen molar-refractivity contribution in [2.45, 2.75) is 83.5 Å². The van der Waals surface area contributed by atoms with Gasteiger partial charge in [0, 0.05) is 24.3 Å². The number of aliphatic hydroxyl groups excluding tert-OH is 2. The highest BCUT2D eigenvalue weighted by molar-refractivity contribution is 6.06. The molecule has 1 heterocycles. The maximum Gasteiger partial charge on any atom is 0.233 e. The van der Waals surface area contributed by atoms with Crippen LogP contribution in [-0.4, -0.2) is 57.5 Å². The van der Waals surface area contributed by atoms with E-state index in [1.807, 2.05) is 13.8 Å². The van der Waals surface area contributed by atoms with Crippen molar-refractivity contribution in [1.29, 1.82) is 0 Å². The Morgan fingerprint density at radius 1 is 1.03 bits per heavy atom. The highest BCUT2D eigenvalue weighted by Crippen LogP contribution is 2.50. The summed E-state index contributed by atoms with van der Waals surface area (Å²) in [5.41, 5.74) is 0.725. The van der Waals surface area contributed by atoms with E-state index < -0.39 is 24.0 Å². The molecule has 6 atom stereocenters. The molecule has 162 valence electrons. The van der Waals surface area contributed by atoms with Crippen LogP contribution in [0.4, 0.5) is 0 Å². The Hall–Kier alpha value is -1.47. The topological polar surface area (TPSA) is 99.4 Å². The number of imide groups is 1. The predicted molar refractivity (Wildman–Crippen MR) is 107 cm³/mol. The van der Waals surface area contributed by atoms with Crippen molar-refractivity contribution in [3.05, 3.63) is 0 Å². The van der Waals surface area contributed by atoms with Crippen molar-refractivity contribution in [2.24, 2.45) is 34.7 Å². The molecule has 0 aromatic rings. The summed E-state index contributed by atoms with van der Waals surface area (Å²) >= 11 is 0. The number of carbonyl (C=O) groups excluding carboxylic acids is 2. The van der Waals surface area contributed by atoms with Gasteiger partial charge in [0.25, 0.3) is 0 Å². The van der Waals surface area contributed by atoms with Gasteiger partial charge in [0.2, 0.25) is 11.8 Å². The van der Waals surface area contributed by atoms with Crippen molar-refractivity contribution >= 4 is 17.5 Å². The van der Waals surface area contributed by atoms with E-state index in [0.29, 0.717) is 25.4 Å². The van der Waals surface area contributed by atoms with Crippen molar-refractivity contribution in [3.63, 3.8) is 0 Å². The molecule has 3 aliphatic carbocycles. The van der Waals surface area contributed by atoms with Gasteiger partial charge in [-0.25, -0.2) is 0 Å². The monoisotopic (exact) mass is 406 g/mol. The van der Waals surface area contributed by atoms with Crippen LogP contribution in [0.5, 0.6) is 0 Å². The third-order valence-electron chi connectivity index (χ3n) is 7.34. The lowest BCUT2D eigenvalue weighted by molar-refractivity contribution is -0.145. The lowest BCUT2D eigenvalue weighted by Crippen LogP contribution is -2.54. The highest BCUT2D eigenvalue weighted by atomic mass is 16.6. The molecule has 7 heteroatoms. The first-order valence-corrected chi connectivity index (χ1v) is 11.3. The van der Waals surface area contributed by atoms with Crippen LogP contribution in [0.15, 0.2) is 5.16 Å². The van der Waals surface area contributed by atoms with Crippen LogP contribution >= 0.6 is 0 Å². The molecule has 0 bridgehead atoms. The smallest absolute Gasteiger partial charge is 0.233 e. The van der Waals surface area contributed by atoms with Gasteiger partial charge in [-0.3, -0.25) is 14.5 Å². The number of amides is 2. The Morgan fingerprint density at radius 2 is 1.72 bits per heavy atom. The minimum atomic E-state index is -1.01. The summed E-state index contributed by atoms with van der Waals surface area (Å²) < 4.78 is 0. The van der Waals surface area contributed by atoms with Crippen molar-refractivity contribution < 1.29 is 24.6 Å². The summed E-state index contributed by atoms with van der Waals surface area (Å²) in [4.78, 5) is 33.6. The van der Waals surface area contributed by atoms with Gasteiger partial charge >= 0.3 is 0 Å². The molecule has 7 nitrogen and oxygen atoms in total. The quantitative estimate of drug-likeness (QED) is 0.550. The van der Waals surface area contributed by atoms with E-state index in [4.69, 9.17) is 4.84 Å². The minimum Gasteiger partial charge on any atom is -0.396 e. The molecule has 0 aromatic carbocycles. The largest absolute Gasteiger partial charge is 0.396 e. The summed E-state index contributed by atoms with van der Waals surface area (Å²) in [5, 5.41) is 25.6. The van der Waals surface area contributed by atoms with Crippen LogP contribution < -0.4 is 0 Å². The summed E-state index contributed by atoms with van der Waals surface area (Å²) in [6, 6.07) is 0.000898. The fraction of sp³-hybridized carbons (Fsp3) is 0.864. The van der Waals surface area contributed by atoms with E-state index in [-0.39, 0.29) is 36.1 Å². The fourth-order valence-electron chi connectivity index (χ4n) is 5.97. The maximum absolute atomic E-state index is 13.4. The number of fused-ring (bicyclic) bond motifs is 3. The number of likely N-dealkylation sites (tertiary alicyclic amines) is 1. The summed E-state index contributed by atoms with van der Waals surface area (Å²) in [7, 11) is 0. The molecule has 0 unspecified atom stereocenters. The number of oxime groups is 1. The number of hydrogen-bond donors (Lipinski definition) is 2. The number of nitrogens with zero attached hydrogens (tertiary/aromatic N) is 2. The molecule has 4 rings (SSSR count). The van der Waals surface area contributed by atoms with E-state index in [2.05, 4.69) is 5.16 Å². The second-order valence-electron chi connectivity index (χ2n) is 9.77. The van der Waals surface area contributed by atoms with Crippen molar-refractivity contribution in [1.82, 2.24) is 4.90 Å². The normalized spacial score (nSPS) is 39.8. The third kappa shape index (κ3) is 3.72. The molecule has 1 aliphatic heterocycles. The minimum absolute atomic E-state index is 0.000898. The van der Waals surface area contributed by atoms with E-state index in [9.17, 15) is 19.8 Å². The first kappa shape index (κ1) is 20.8. The number of hydrogen-bond acceptors (Lipinski definition) is 6. The zero-order chi connectivity index (χ0) is 20.7. The Balaban J connectivity index is 1.59. The second-order valence-corrected chi connectivity index (χ2v) is 9.77. The molecular formula is C22H34N2O5. The standard InChI is InChI=1S/C22H34N2O5/c1-12(2)11-29-23-16-10-17(25)20(26)18-14(16)8-9-15-19(18)22(28)24(21(15)27)13-6-4-3-5-7-13/h12-15,17-20,25-26H,3-11H2,1-2H3/t14-,15+,17+,18-,19+,20+/m0/s1. The third-order valence-corrected chi connectivity index (χ3v) is 7.34. The van der Waals surface area contributed by atoms with E-state index in [0.717, 1.165) is 37.8 Å². The van der Waals surface area contributed by atoms with Gasteiger partial charge in [-0.15, -0.1) is 0 Å². The highest BCUT2D eigenvalue weighted by Gasteiger charge is 2.60. The van der Waals surface area contributed by atoms with Gasteiger partial charge in [0.1, 0.15) is 6.61 Å². The van der Waals surface area contributed by atoms with Crippen LogP contribution in [0.3, 0.4) is 0 Å².